The van der Waals surface area contributed by atoms with Gasteiger partial charge in [0.25, 0.3) is 0 Å². The standard InChI is InChI=1S/C10H11N3.C2H6/c11-13-12-10-7-3-5-8-4-1-2-6-9(8)10;1-2/h1-2,4,6,10H,3,5,7H2;1-2H3/t10-;/m0./s1. The summed E-state index contributed by atoms with van der Waals surface area (Å²) in [4.78, 5) is 2.88. The minimum atomic E-state index is 0.0648. The summed E-state index contributed by atoms with van der Waals surface area (Å²) in [6.45, 7) is 4.00. The molecule has 1 aliphatic carbocycles. The molecule has 0 bridgehead atoms. The summed E-state index contributed by atoms with van der Waals surface area (Å²) in [7, 11) is 0. The van der Waals surface area contributed by atoms with Gasteiger partial charge >= 0.3 is 0 Å². The van der Waals surface area contributed by atoms with Gasteiger partial charge in [0.2, 0.25) is 0 Å². The van der Waals surface area contributed by atoms with Gasteiger partial charge in [0.15, 0.2) is 0 Å². The fourth-order valence-electron chi connectivity index (χ4n) is 1.91. The monoisotopic (exact) mass is 203 g/mol. The van der Waals surface area contributed by atoms with E-state index in [0.717, 1.165) is 19.3 Å². The summed E-state index contributed by atoms with van der Waals surface area (Å²) in [6.07, 6.45) is 3.23. The van der Waals surface area contributed by atoms with E-state index >= 15 is 0 Å². The van der Waals surface area contributed by atoms with Crippen LogP contribution >= 0.6 is 0 Å². The minimum Gasteiger partial charge on any atom is -0.0859 e. The molecule has 1 aromatic carbocycles. The second kappa shape index (κ2) is 6.10. The molecule has 0 spiro atoms. The summed E-state index contributed by atoms with van der Waals surface area (Å²) < 4.78 is 0. The Morgan fingerprint density at radius 1 is 1.33 bits per heavy atom. The van der Waals surface area contributed by atoms with E-state index in [-0.39, 0.29) is 6.04 Å². The summed E-state index contributed by atoms with van der Waals surface area (Å²) in [5.41, 5.74) is 11.0. The number of nitrogens with zero attached hydrogens (tertiary/aromatic N) is 3. The molecule has 3 nitrogen and oxygen atoms in total. The van der Waals surface area contributed by atoms with E-state index in [1.165, 1.54) is 11.1 Å². The van der Waals surface area contributed by atoms with Crippen molar-refractivity contribution in [1.29, 1.82) is 0 Å². The Labute approximate surface area is 90.8 Å². The van der Waals surface area contributed by atoms with Crippen molar-refractivity contribution in [2.24, 2.45) is 5.11 Å². The highest BCUT2D eigenvalue weighted by Gasteiger charge is 2.17. The largest absolute Gasteiger partial charge is 0.0859 e. The van der Waals surface area contributed by atoms with Crippen LogP contribution in [-0.4, -0.2) is 0 Å². The molecule has 0 N–H and O–H groups in total. The van der Waals surface area contributed by atoms with Gasteiger partial charge in [-0.2, -0.15) is 0 Å². The predicted octanol–water partition coefficient (Wildman–Crippen LogP) is 4.40. The molecule has 1 aromatic rings. The lowest BCUT2D eigenvalue weighted by Gasteiger charge is -2.21. The van der Waals surface area contributed by atoms with Gasteiger partial charge in [0, 0.05) is 4.91 Å². The van der Waals surface area contributed by atoms with Crippen LogP contribution in [0.25, 0.3) is 10.4 Å². The van der Waals surface area contributed by atoms with Gasteiger partial charge in [0.1, 0.15) is 0 Å². The van der Waals surface area contributed by atoms with Crippen LogP contribution in [0.15, 0.2) is 29.4 Å². The van der Waals surface area contributed by atoms with Crippen molar-refractivity contribution in [3.8, 4) is 0 Å². The smallest absolute Gasteiger partial charge is 0.0628 e. The fourth-order valence-corrected chi connectivity index (χ4v) is 1.91. The molecule has 0 unspecified atom stereocenters. The number of hydrogen-bond acceptors (Lipinski definition) is 1. The van der Waals surface area contributed by atoms with Crippen molar-refractivity contribution in [3.63, 3.8) is 0 Å². The number of azide groups is 1. The van der Waals surface area contributed by atoms with Crippen molar-refractivity contribution in [3.05, 3.63) is 45.8 Å². The molecular formula is C12H17N3. The van der Waals surface area contributed by atoms with Crippen LogP contribution in [0.3, 0.4) is 0 Å². The summed E-state index contributed by atoms with van der Waals surface area (Å²) in [5.74, 6) is 0. The zero-order valence-corrected chi connectivity index (χ0v) is 9.35. The highest BCUT2D eigenvalue weighted by atomic mass is 15.1. The lowest BCUT2D eigenvalue weighted by atomic mass is 9.88. The first-order valence-electron chi connectivity index (χ1n) is 5.54. The van der Waals surface area contributed by atoms with Crippen LogP contribution in [0.2, 0.25) is 0 Å². The maximum absolute atomic E-state index is 8.40. The number of fused-ring (bicyclic) bond motifs is 1. The van der Waals surface area contributed by atoms with Gasteiger partial charge in [0.05, 0.1) is 6.04 Å². The van der Waals surface area contributed by atoms with Gasteiger partial charge < -0.3 is 0 Å². The number of aryl methyl sites for hydroxylation is 1. The highest BCUT2D eigenvalue weighted by Crippen LogP contribution is 2.32. The van der Waals surface area contributed by atoms with Gasteiger partial charge in [-0.1, -0.05) is 43.2 Å². The molecule has 0 saturated heterocycles. The Balaban J connectivity index is 0.000000531. The molecule has 0 radical (unpaired) electrons. The summed E-state index contributed by atoms with van der Waals surface area (Å²) in [6, 6.07) is 8.29. The topological polar surface area (TPSA) is 48.8 Å². The molecule has 15 heavy (non-hydrogen) atoms. The summed E-state index contributed by atoms with van der Waals surface area (Å²) in [5, 5.41) is 3.81. The Morgan fingerprint density at radius 2 is 2.07 bits per heavy atom. The normalized spacial score (nSPS) is 17.9. The Kier molecular flexibility index (Phi) is 4.72. The van der Waals surface area contributed by atoms with Crippen LogP contribution in [-0.2, 0) is 6.42 Å². The van der Waals surface area contributed by atoms with Crippen molar-refractivity contribution < 1.29 is 0 Å². The second-order valence-electron chi connectivity index (χ2n) is 3.31. The van der Waals surface area contributed by atoms with E-state index in [9.17, 15) is 0 Å². The first-order chi connectivity index (χ1) is 7.42. The summed E-state index contributed by atoms with van der Waals surface area (Å²) >= 11 is 0. The van der Waals surface area contributed by atoms with E-state index in [4.69, 9.17) is 5.53 Å². The minimum absolute atomic E-state index is 0.0648. The van der Waals surface area contributed by atoms with Crippen LogP contribution in [0, 0.1) is 0 Å². The van der Waals surface area contributed by atoms with Crippen LogP contribution in [0.5, 0.6) is 0 Å². The maximum atomic E-state index is 8.40. The third-order valence-electron chi connectivity index (χ3n) is 2.53. The molecule has 0 heterocycles. The third-order valence-corrected chi connectivity index (χ3v) is 2.53. The van der Waals surface area contributed by atoms with Crippen molar-refractivity contribution in [2.75, 3.05) is 0 Å². The second-order valence-corrected chi connectivity index (χ2v) is 3.31. The highest BCUT2D eigenvalue weighted by molar-refractivity contribution is 5.32. The molecule has 2 rings (SSSR count). The van der Waals surface area contributed by atoms with Gasteiger partial charge in [-0.15, -0.1) is 0 Å². The molecule has 1 aliphatic rings. The quantitative estimate of drug-likeness (QED) is 0.369. The van der Waals surface area contributed by atoms with Crippen LogP contribution in [0.4, 0.5) is 0 Å². The fraction of sp³-hybridized carbons (Fsp3) is 0.500. The number of rotatable bonds is 1. The molecular weight excluding hydrogens is 186 g/mol. The molecule has 0 saturated carbocycles. The Morgan fingerprint density at radius 3 is 2.80 bits per heavy atom. The lowest BCUT2D eigenvalue weighted by Crippen LogP contribution is -2.06. The molecule has 3 heteroatoms. The Hall–Kier alpha value is -1.47. The number of hydrogen-bond donors (Lipinski definition) is 0. The van der Waals surface area contributed by atoms with E-state index < -0.39 is 0 Å². The lowest BCUT2D eigenvalue weighted by molar-refractivity contribution is 0.568. The van der Waals surface area contributed by atoms with E-state index in [1.807, 2.05) is 26.0 Å². The zero-order chi connectivity index (χ0) is 11.1. The van der Waals surface area contributed by atoms with Crippen molar-refractivity contribution >= 4 is 0 Å². The Bertz CT molecular complexity index is 354. The predicted molar refractivity (Wildman–Crippen MR) is 62.6 cm³/mol. The maximum Gasteiger partial charge on any atom is 0.0628 e. The average molecular weight is 203 g/mol. The molecule has 1 atom stereocenters. The SMILES string of the molecule is CC.[N-]=[N+]=N[C@H]1CCCc2ccccc21. The van der Waals surface area contributed by atoms with Crippen molar-refractivity contribution in [1.82, 2.24) is 0 Å². The van der Waals surface area contributed by atoms with Crippen molar-refractivity contribution in [2.45, 2.75) is 39.2 Å². The van der Waals surface area contributed by atoms with Crippen LogP contribution < -0.4 is 0 Å². The van der Waals surface area contributed by atoms with E-state index in [0.29, 0.717) is 0 Å². The van der Waals surface area contributed by atoms with E-state index in [2.05, 4.69) is 22.2 Å². The van der Waals surface area contributed by atoms with Gasteiger partial charge in [-0.25, -0.2) is 0 Å². The van der Waals surface area contributed by atoms with Gasteiger partial charge in [-0.05, 0) is 35.9 Å². The third kappa shape index (κ3) is 2.74. The number of benzene rings is 1. The zero-order valence-electron chi connectivity index (χ0n) is 9.35. The molecule has 0 amide bonds. The van der Waals surface area contributed by atoms with Crippen LogP contribution in [0.1, 0.15) is 43.9 Å². The molecule has 0 aliphatic heterocycles. The average Bonchev–Trinajstić information content (AvgIpc) is 2.33. The molecule has 0 fully saturated rings. The molecule has 0 aromatic heterocycles. The van der Waals surface area contributed by atoms with Gasteiger partial charge in [-0.3, -0.25) is 0 Å². The van der Waals surface area contributed by atoms with E-state index in [1.54, 1.807) is 0 Å². The molecule has 80 valence electrons. The first kappa shape index (κ1) is 11.6. The first-order valence-corrected chi connectivity index (χ1v) is 5.54.